The molecule has 106 valence electrons. The predicted molar refractivity (Wildman–Crippen MR) is 82.8 cm³/mol. The minimum absolute atomic E-state index is 0.546. The van der Waals surface area contributed by atoms with Gasteiger partial charge in [0, 0.05) is 12.2 Å². The van der Waals surface area contributed by atoms with Crippen LogP contribution in [0.4, 0.5) is 5.13 Å². The van der Waals surface area contributed by atoms with E-state index in [0.29, 0.717) is 6.04 Å². The fourth-order valence-electron chi connectivity index (χ4n) is 2.68. The molecule has 2 aromatic heterocycles. The second kappa shape index (κ2) is 6.31. The summed E-state index contributed by atoms with van der Waals surface area (Å²) in [7, 11) is 0. The average Bonchev–Trinajstić information content (AvgIpc) is 2.84. The third kappa shape index (κ3) is 3.33. The van der Waals surface area contributed by atoms with Gasteiger partial charge in [-0.3, -0.25) is 4.98 Å². The van der Waals surface area contributed by atoms with Crippen molar-refractivity contribution < 1.29 is 0 Å². The molecular weight excluding hydrogens is 268 g/mol. The molecule has 1 saturated carbocycles. The summed E-state index contributed by atoms with van der Waals surface area (Å²) in [5.74, 6) is 0.861. The van der Waals surface area contributed by atoms with E-state index >= 15 is 0 Å². The van der Waals surface area contributed by atoms with Crippen molar-refractivity contribution in [2.24, 2.45) is 5.92 Å². The zero-order valence-corrected chi connectivity index (χ0v) is 12.6. The Bertz CT molecular complexity index is 540. The lowest BCUT2D eigenvalue weighted by atomic mass is 10.0. The van der Waals surface area contributed by atoms with E-state index in [-0.39, 0.29) is 0 Å². The summed E-state index contributed by atoms with van der Waals surface area (Å²) in [5.41, 5.74) is 0.896. The fraction of sp³-hybridized carbons (Fsp3) is 0.533. The maximum Gasteiger partial charge on any atom is 0.206 e. The van der Waals surface area contributed by atoms with Crippen LogP contribution in [0.25, 0.3) is 10.7 Å². The van der Waals surface area contributed by atoms with Crippen molar-refractivity contribution in [1.29, 1.82) is 0 Å². The molecule has 2 heterocycles. The van der Waals surface area contributed by atoms with Gasteiger partial charge in [-0.2, -0.15) is 0 Å². The predicted octanol–water partition coefficient (Wildman–Crippen LogP) is 3.98. The Morgan fingerprint density at radius 1 is 1.15 bits per heavy atom. The fourth-order valence-corrected chi connectivity index (χ4v) is 3.48. The van der Waals surface area contributed by atoms with Crippen LogP contribution in [-0.2, 0) is 0 Å². The van der Waals surface area contributed by atoms with Gasteiger partial charge in [0.2, 0.25) is 5.13 Å². The molecule has 5 heteroatoms. The van der Waals surface area contributed by atoms with Crippen LogP contribution >= 0.6 is 11.3 Å². The molecule has 4 nitrogen and oxygen atoms in total. The van der Waals surface area contributed by atoms with Gasteiger partial charge in [-0.25, -0.2) is 0 Å². The summed E-state index contributed by atoms with van der Waals surface area (Å²) in [6.45, 7) is 2.35. The highest BCUT2D eigenvalue weighted by molar-refractivity contribution is 7.18. The van der Waals surface area contributed by atoms with Crippen molar-refractivity contribution in [3.05, 3.63) is 24.4 Å². The molecule has 0 spiro atoms. The van der Waals surface area contributed by atoms with Crippen LogP contribution in [0, 0.1) is 5.92 Å². The maximum atomic E-state index is 4.31. The summed E-state index contributed by atoms with van der Waals surface area (Å²) >= 11 is 1.59. The quantitative estimate of drug-likeness (QED) is 0.868. The number of aromatic nitrogens is 3. The largest absolute Gasteiger partial charge is 0.357 e. The first-order valence-electron chi connectivity index (χ1n) is 7.32. The van der Waals surface area contributed by atoms with Gasteiger partial charge < -0.3 is 5.32 Å². The molecular formula is C15H20N4S. The lowest BCUT2D eigenvalue weighted by Crippen LogP contribution is -2.18. The van der Waals surface area contributed by atoms with E-state index < -0.39 is 0 Å². The van der Waals surface area contributed by atoms with Crippen LogP contribution in [0.5, 0.6) is 0 Å². The van der Waals surface area contributed by atoms with Gasteiger partial charge in [0.1, 0.15) is 5.69 Å². The molecule has 3 rings (SSSR count). The van der Waals surface area contributed by atoms with Crippen molar-refractivity contribution in [1.82, 2.24) is 15.2 Å². The summed E-state index contributed by atoms with van der Waals surface area (Å²) in [6, 6.07) is 6.40. The highest BCUT2D eigenvalue weighted by atomic mass is 32.1. The standard InChI is InChI=1S/C15H20N4S/c1-11-5-4-6-12(9-8-11)17-15-19-18-14(20-15)13-7-2-3-10-16-13/h2-3,7,10-12H,4-6,8-9H2,1H3,(H,17,19). The number of nitrogens with one attached hydrogen (secondary N) is 1. The van der Waals surface area contributed by atoms with Crippen LogP contribution in [0.15, 0.2) is 24.4 Å². The SMILES string of the molecule is CC1CCCC(Nc2nnc(-c3ccccn3)s2)CC1. The second-order valence-corrected chi connectivity index (χ2v) is 6.56. The van der Waals surface area contributed by atoms with Gasteiger partial charge in [0.25, 0.3) is 0 Å². The molecule has 0 aromatic carbocycles. The van der Waals surface area contributed by atoms with Crippen molar-refractivity contribution >= 4 is 16.5 Å². The van der Waals surface area contributed by atoms with Gasteiger partial charge in [0.15, 0.2) is 5.01 Å². The van der Waals surface area contributed by atoms with Gasteiger partial charge in [-0.05, 0) is 37.3 Å². The molecule has 0 saturated heterocycles. The van der Waals surface area contributed by atoms with Gasteiger partial charge in [-0.15, -0.1) is 10.2 Å². The number of pyridine rings is 1. The lowest BCUT2D eigenvalue weighted by molar-refractivity contribution is 0.502. The lowest BCUT2D eigenvalue weighted by Gasteiger charge is -2.14. The monoisotopic (exact) mass is 288 g/mol. The molecule has 0 bridgehead atoms. The normalized spacial score (nSPS) is 23.2. The van der Waals surface area contributed by atoms with Crippen LogP contribution in [0.1, 0.15) is 39.0 Å². The minimum atomic E-state index is 0.546. The van der Waals surface area contributed by atoms with Crippen LogP contribution < -0.4 is 5.32 Å². The van der Waals surface area contributed by atoms with Gasteiger partial charge in [0.05, 0.1) is 0 Å². The smallest absolute Gasteiger partial charge is 0.206 e. The Balaban J connectivity index is 1.65. The number of anilines is 1. The minimum Gasteiger partial charge on any atom is -0.357 e. The number of nitrogens with zero attached hydrogens (tertiary/aromatic N) is 3. The molecule has 0 amide bonds. The third-order valence-electron chi connectivity index (χ3n) is 3.89. The van der Waals surface area contributed by atoms with Gasteiger partial charge in [-0.1, -0.05) is 37.2 Å². The van der Waals surface area contributed by atoms with E-state index in [1.54, 1.807) is 17.5 Å². The average molecular weight is 288 g/mol. The third-order valence-corrected chi connectivity index (χ3v) is 4.77. The Morgan fingerprint density at radius 3 is 2.95 bits per heavy atom. The zero-order chi connectivity index (χ0) is 13.8. The maximum absolute atomic E-state index is 4.31. The second-order valence-electron chi connectivity index (χ2n) is 5.58. The van der Waals surface area contributed by atoms with Crippen molar-refractivity contribution in [3.63, 3.8) is 0 Å². The molecule has 0 radical (unpaired) electrons. The van der Waals surface area contributed by atoms with Crippen molar-refractivity contribution in [2.45, 2.75) is 45.1 Å². The highest BCUT2D eigenvalue weighted by Crippen LogP contribution is 2.28. The number of hydrogen-bond donors (Lipinski definition) is 1. The van der Waals surface area contributed by atoms with Crippen molar-refractivity contribution in [2.75, 3.05) is 5.32 Å². The van der Waals surface area contributed by atoms with Crippen LogP contribution in [0.3, 0.4) is 0 Å². The van der Waals surface area contributed by atoms with E-state index in [4.69, 9.17) is 0 Å². The Kier molecular flexibility index (Phi) is 4.25. The molecule has 1 aliphatic carbocycles. The highest BCUT2D eigenvalue weighted by Gasteiger charge is 2.17. The van der Waals surface area contributed by atoms with Gasteiger partial charge >= 0.3 is 0 Å². The summed E-state index contributed by atoms with van der Waals surface area (Å²) in [4.78, 5) is 4.31. The van der Waals surface area contributed by atoms with E-state index in [2.05, 4.69) is 27.4 Å². The summed E-state index contributed by atoms with van der Waals surface area (Å²) in [5, 5.41) is 13.8. The Labute approximate surface area is 123 Å². The summed E-state index contributed by atoms with van der Waals surface area (Å²) in [6.07, 6.45) is 8.24. The number of rotatable bonds is 3. The molecule has 0 aliphatic heterocycles. The zero-order valence-electron chi connectivity index (χ0n) is 11.7. The molecule has 2 aromatic rings. The van der Waals surface area contributed by atoms with E-state index in [9.17, 15) is 0 Å². The van der Waals surface area contributed by atoms with Crippen LogP contribution in [-0.4, -0.2) is 21.2 Å². The molecule has 1 fully saturated rings. The van der Waals surface area contributed by atoms with E-state index in [1.165, 1.54) is 32.1 Å². The Morgan fingerprint density at radius 2 is 2.10 bits per heavy atom. The molecule has 2 atom stereocenters. The topological polar surface area (TPSA) is 50.7 Å². The first-order valence-corrected chi connectivity index (χ1v) is 8.14. The molecule has 20 heavy (non-hydrogen) atoms. The van der Waals surface area contributed by atoms with E-state index in [1.807, 2.05) is 18.2 Å². The molecule has 2 unspecified atom stereocenters. The molecule has 1 N–H and O–H groups in total. The van der Waals surface area contributed by atoms with Crippen LogP contribution in [0.2, 0.25) is 0 Å². The van der Waals surface area contributed by atoms with Crippen molar-refractivity contribution in [3.8, 4) is 10.7 Å². The number of hydrogen-bond acceptors (Lipinski definition) is 5. The molecule has 1 aliphatic rings. The Hall–Kier alpha value is -1.49. The van der Waals surface area contributed by atoms with E-state index in [0.717, 1.165) is 21.8 Å². The first kappa shape index (κ1) is 13.5. The summed E-state index contributed by atoms with van der Waals surface area (Å²) < 4.78 is 0. The first-order chi connectivity index (χ1) is 9.81.